The van der Waals surface area contributed by atoms with Gasteiger partial charge in [0.15, 0.2) is 0 Å². The second-order valence-electron chi connectivity index (χ2n) is 10.6. The normalized spacial score (nSPS) is 23.7. The number of aryl methyl sites for hydroxylation is 1. The third-order valence-corrected chi connectivity index (χ3v) is 8.48. The van der Waals surface area contributed by atoms with Crippen LogP contribution in [0.1, 0.15) is 71.3 Å². The lowest BCUT2D eigenvalue weighted by atomic mass is 9.60. The molecule has 2 N–H and O–H groups in total. The van der Waals surface area contributed by atoms with E-state index < -0.39 is 0 Å². The van der Waals surface area contributed by atoms with Crippen molar-refractivity contribution in [2.24, 2.45) is 0 Å². The Hall–Kier alpha value is -2.98. The highest BCUT2D eigenvalue weighted by atomic mass is 16.5. The first-order chi connectivity index (χ1) is 17.2. The average Bonchev–Trinajstić information content (AvgIpc) is 2.88. The molecule has 0 unspecified atom stereocenters. The van der Waals surface area contributed by atoms with Crippen LogP contribution in [0.3, 0.4) is 0 Å². The zero-order valence-corrected chi connectivity index (χ0v) is 20.3. The SMILES string of the molecule is Oc1ccc2c(c1)CC[C@@H]1c3ccc(O)cc3C[C@H](c3ccc(OCCN4CCCCC4)cc3)[C@H]21. The monoisotopic (exact) mass is 469 g/mol. The summed E-state index contributed by atoms with van der Waals surface area (Å²) in [6.45, 7) is 4.13. The highest BCUT2D eigenvalue weighted by molar-refractivity contribution is 5.50. The summed E-state index contributed by atoms with van der Waals surface area (Å²) in [6, 6.07) is 20.6. The Morgan fingerprint density at radius 1 is 0.771 bits per heavy atom. The van der Waals surface area contributed by atoms with Gasteiger partial charge in [-0.3, -0.25) is 4.90 Å². The van der Waals surface area contributed by atoms with Gasteiger partial charge in [-0.05, 0) is 127 Å². The molecule has 182 valence electrons. The molecular formula is C31H35NO3. The molecule has 0 bridgehead atoms. The Kier molecular flexibility index (Phi) is 6.15. The van der Waals surface area contributed by atoms with E-state index in [1.165, 1.54) is 60.2 Å². The van der Waals surface area contributed by atoms with Crippen molar-refractivity contribution in [3.63, 3.8) is 0 Å². The van der Waals surface area contributed by atoms with Crippen molar-refractivity contribution in [1.82, 2.24) is 4.90 Å². The first-order valence-electron chi connectivity index (χ1n) is 13.2. The van der Waals surface area contributed by atoms with Crippen LogP contribution in [-0.4, -0.2) is 41.4 Å². The molecule has 6 rings (SSSR count). The third kappa shape index (κ3) is 4.52. The molecule has 0 aromatic heterocycles. The summed E-state index contributed by atoms with van der Waals surface area (Å²) in [5.41, 5.74) is 6.60. The van der Waals surface area contributed by atoms with E-state index in [1.807, 2.05) is 24.3 Å². The topological polar surface area (TPSA) is 52.9 Å². The van der Waals surface area contributed by atoms with Gasteiger partial charge < -0.3 is 14.9 Å². The van der Waals surface area contributed by atoms with Gasteiger partial charge in [-0.15, -0.1) is 0 Å². The van der Waals surface area contributed by atoms with Crippen LogP contribution < -0.4 is 4.74 Å². The fraction of sp³-hybridized carbons (Fsp3) is 0.419. The van der Waals surface area contributed by atoms with E-state index >= 15 is 0 Å². The Labute approximate surface area is 208 Å². The Balaban J connectivity index is 1.26. The Morgan fingerprint density at radius 2 is 1.49 bits per heavy atom. The maximum absolute atomic E-state index is 10.2. The Bertz CT molecular complexity index is 1180. The van der Waals surface area contributed by atoms with E-state index in [2.05, 4.69) is 41.3 Å². The van der Waals surface area contributed by atoms with E-state index in [0.717, 1.165) is 38.2 Å². The number of piperidine rings is 1. The largest absolute Gasteiger partial charge is 0.508 e. The van der Waals surface area contributed by atoms with Gasteiger partial charge in [0, 0.05) is 6.54 Å². The minimum atomic E-state index is 0.320. The number of phenols is 2. The van der Waals surface area contributed by atoms with Crippen molar-refractivity contribution in [2.45, 2.75) is 56.3 Å². The lowest BCUT2D eigenvalue weighted by Crippen LogP contribution is -2.33. The predicted octanol–water partition coefficient (Wildman–Crippen LogP) is 6.12. The molecule has 0 amide bonds. The first kappa shape index (κ1) is 22.5. The molecule has 4 nitrogen and oxygen atoms in total. The maximum Gasteiger partial charge on any atom is 0.119 e. The molecule has 1 fully saturated rings. The van der Waals surface area contributed by atoms with Crippen LogP contribution in [0.15, 0.2) is 60.7 Å². The van der Waals surface area contributed by atoms with Gasteiger partial charge in [-0.25, -0.2) is 0 Å². The smallest absolute Gasteiger partial charge is 0.119 e. The van der Waals surface area contributed by atoms with E-state index in [1.54, 1.807) is 0 Å². The van der Waals surface area contributed by atoms with Crippen LogP contribution >= 0.6 is 0 Å². The van der Waals surface area contributed by atoms with Gasteiger partial charge in [-0.2, -0.15) is 0 Å². The standard InChI is InChI=1S/C31H35NO3/c33-24-8-13-28-22(18-24)6-11-29-27-12-7-25(34)19-23(27)20-30(31(28)29)21-4-9-26(10-5-21)35-17-16-32-14-2-1-3-15-32/h4-5,7-10,12-13,18-19,29-31,33-34H,1-3,6,11,14-17,20H2/t29-,30-,31-/m1/s1. The van der Waals surface area contributed by atoms with Crippen LogP contribution in [0.25, 0.3) is 0 Å². The van der Waals surface area contributed by atoms with E-state index in [9.17, 15) is 10.2 Å². The number of benzene rings is 3. The molecule has 1 saturated heterocycles. The van der Waals surface area contributed by atoms with Crippen molar-refractivity contribution >= 4 is 0 Å². The highest BCUT2D eigenvalue weighted by Crippen LogP contribution is 2.55. The quantitative estimate of drug-likeness (QED) is 0.473. The predicted molar refractivity (Wildman–Crippen MR) is 139 cm³/mol. The molecule has 3 aliphatic rings. The van der Waals surface area contributed by atoms with Crippen LogP contribution in [0.4, 0.5) is 0 Å². The lowest BCUT2D eigenvalue weighted by molar-refractivity contribution is 0.183. The van der Waals surface area contributed by atoms with E-state index in [-0.39, 0.29) is 0 Å². The van der Waals surface area contributed by atoms with Crippen LogP contribution in [0.2, 0.25) is 0 Å². The van der Waals surface area contributed by atoms with Gasteiger partial charge in [0.2, 0.25) is 0 Å². The zero-order chi connectivity index (χ0) is 23.8. The zero-order valence-electron chi connectivity index (χ0n) is 20.3. The number of fused-ring (bicyclic) bond motifs is 5. The highest BCUT2D eigenvalue weighted by Gasteiger charge is 2.41. The summed E-state index contributed by atoms with van der Waals surface area (Å²) in [5, 5.41) is 20.3. The molecule has 1 heterocycles. The minimum absolute atomic E-state index is 0.320. The molecule has 2 aliphatic carbocycles. The molecule has 3 atom stereocenters. The minimum Gasteiger partial charge on any atom is -0.508 e. The number of rotatable bonds is 5. The fourth-order valence-corrected chi connectivity index (χ4v) is 6.79. The van der Waals surface area contributed by atoms with Gasteiger partial charge in [-0.1, -0.05) is 30.7 Å². The van der Waals surface area contributed by atoms with Crippen molar-refractivity contribution in [3.05, 3.63) is 88.5 Å². The number of likely N-dealkylation sites (tertiary alicyclic amines) is 1. The first-order valence-corrected chi connectivity index (χ1v) is 13.2. The fourth-order valence-electron chi connectivity index (χ4n) is 6.79. The van der Waals surface area contributed by atoms with Gasteiger partial charge in [0.1, 0.15) is 23.9 Å². The molecular weight excluding hydrogens is 434 g/mol. The van der Waals surface area contributed by atoms with Crippen LogP contribution in [0, 0.1) is 0 Å². The van der Waals surface area contributed by atoms with Crippen molar-refractivity contribution in [2.75, 3.05) is 26.2 Å². The van der Waals surface area contributed by atoms with Crippen molar-refractivity contribution < 1.29 is 14.9 Å². The maximum atomic E-state index is 10.2. The van der Waals surface area contributed by atoms with Crippen molar-refractivity contribution in [1.29, 1.82) is 0 Å². The summed E-state index contributed by atoms with van der Waals surface area (Å²) in [6.07, 6.45) is 6.91. The molecule has 4 heteroatoms. The lowest BCUT2D eigenvalue weighted by Gasteiger charge is -2.44. The molecule has 0 saturated carbocycles. The summed E-state index contributed by atoms with van der Waals surface area (Å²) >= 11 is 0. The molecule has 0 radical (unpaired) electrons. The molecule has 35 heavy (non-hydrogen) atoms. The second kappa shape index (κ2) is 9.58. The molecule has 3 aromatic carbocycles. The summed E-state index contributed by atoms with van der Waals surface area (Å²) in [4.78, 5) is 2.51. The van der Waals surface area contributed by atoms with Gasteiger partial charge in [0.05, 0.1) is 0 Å². The molecule has 1 aliphatic heterocycles. The number of phenolic OH excluding ortho intramolecular Hbond substituents is 2. The second-order valence-corrected chi connectivity index (χ2v) is 10.6. The third-order valence-electron chi connectivity index (χ3n) is 8.48. The number of hydrogen-bond donors (Lipinski definition) is 2. The molecule has 0 spiro atoms. The van der Waals surface area contributed by atoms with Crippen molar-refractivity contribution in [3.8, 4) is 17.2 Å². The van der Waals surface area contributed by atoms with Gasteiger partial charge in [0.25, 0.3) is 0 Å². The number of hydrogen-bond acceptors (Lipinski definition) is 4. The summed E-state index contributed by atoms with van der Waals surface area (Å²) in [5.74, 6) is 2.74. The summed E-state index contributed by atoms with van der Waals surface area (Å²) in [7, 11) is 0. The number of ether oxygens (including phenoxy) is 1. The van der Waals surface area contributed by atoms with E-state index in [4.69, 9.17) is 4.74 Å². The number of aromatic hydroxyl groups is 2. The molecule has 3 aromatic rings. The van der Waals surface area contributed by atoms with Gasteiger partial charge >= 0.3 is 0 Å². The Morgan fingerprint density at radius 3 is 2.26 bits per heavy atom. The van der Waals surface area contributed by atoms with Crippen LogP contribution in [0.5, 0.6) is 17.2 Å². The van der Waals surface area contributed by atoms with E-state index in [0.29, 0.717) is 29.3 Å². The number of nitrogens with zero attached hydrogens (tertiary/aromatic N) is 1. The summed E-state index contributed by atoms with van der Waals surface area (Å²) < 4.78 is 6.10. The van der Waals surface area contributed by atoms with Crippen LogP contribution in [-0.2, 0) is 12.8 Å². The average molecular weight is 470 g/mol.